The van der Waals surface area contributed by atoms with Crippen molar-refractivity contribution in [2.45, 2.75) is 11.8 Å². The van der Waals surface area contributed by atoms with E-state index in [0.717, 1.165) is 16.4 Å². The number of methoxy groups -OCH3 is 2. The molecule has 3 aromatic rings. The number of carbonyl (C=O) groups is 1. The van der Waals surface area contributed by atoms with E-state index in [4.69, 9.17) is 14.2 Å². The molecule has 0 fully saturated rings. The molecule has 1 amide bonds. The standard InChI is InChI=1S/C24H25N3O8S/c1-4-35-18-11-9-17(10-12-18)25-24(28)16-26(20-14-13-19(33-2)15-22(20)34-3)36(31,32)23-8-6-5-7-21(23)27(29)30/h5-15H,4,16H2,1-3H3,(H,25,28). The molecule has 0 bridgehead atoms. The molecule has 0 saturated carbocycles. The van der Waals surface area contributed by atoms with Crippen LogP contribution in [0.25, 0.3) is 0 Å². The summed E-state index contributed by atoms with van der Waals surface area (Å²) >= 11 is 0. The van der Waals surface area contributed by atoms with Crippen molar-refractivity contribution in [3.05, 3.63) is 76.8 Å². The lowest BCUT2D eigenvalue weighted by molar-refractivity contribution is -0.387. The molecule has 0 unspecified atom stereocenters. The summed E-state index contributed by atoms with van der Waals surface area (Å²) in [6, 6.07) is 15.8. The number of nitro benzene ring substituents is 1. The highest BCUT2D eigenvalue weighted by molar-refractivity contribution is 7.93. The van der Waals surface area contributed by atoms with Crippen LogP contribution in [-0.2, 0) is 14.8 Å². The van der Waals surface area contributed by atoms with E-state index in [1.54, 1.807) is 24.3 Å². The van der Waals surface area contributed by atoms with Gasteiger partial charge in [-0.2, -0.15) is 0 Å². The van der Waals surface area contributed by atoms with Crippen molar-refractivity contribution in [1.29, 1.82) is 0 Å². The molecule has 36 heavy (non-hydrogen) atoms. The maximum atomic E-state index is 13.7. The van der Waals surface area contributed by atoms with Crippen LogP contribution in [-0.4, -0.2) is 46.6 Å². The third-order valence-corrected chi connectivity index (χ3v) is 6.83. The van der Waals surface area contributed by atoms with E-state index < -0.39 is 38.0 Å². The minimum absolute atomic E-state index is 0.00158. The van der Waals surface area contributed by atoms with Gasteiger partial charge in [-0.25, -0.2) is 8.42 Å². The molecular weight excluding hydrogens is 490 g/mol. The number of nitro groups is 1. The maximum Gasteiger partial charge on any atom is 0.289 e. The lowest BCUT2D eigenvalue weighted by Crippen LogP contribution is -2.38. The van der Waals surface area contributed by atoms with Gasteiger partial charge in [-0.1, -0.05) is 12.1 Å². The first-order valence-corrected chi connectivity index (χ1v) is 12.2. The van der Waals surface area contributed by atoms with Gasteiger partial charge < -0.3 is 19.5 Å². The molecule has 11 nitrogen and oxygen atoms in total. The molecule has 0 aliphatic carbocycles. The van der Waals surface area contributed by atoms with E-state index in [-0.39, 0.29) is 11.4 Å². The van der Waals surface area contributed by atoms with E-state index in [0.29, 0.717) is 23.8 Å². The molecule has 1 N–H and O–H groups in total. The topological polar surface area (TPSA) is 137 Å². The van der Waals surface area contributed by atoms with Gasteiger partial charge in [-0.05, 0) is 49.4 Å². The average Bonchev–Trinajstić information content (AvgIpc) is 2.88. The summed E-state index contributed by atoms with van der Waals surface area (Å²) in [6.45, 7) is 1.63. The Bertz CT molecular complexity index is 1340. The van der Waals surface area contributed by atoms with E-state index in [1.165, 1.54) is 44.6 Å². The van der Waals surface area contributed by atoms with Crippen molar-refractivity contribution in [2.75, 3.05) is 37.0 Å². The quantitative estimate of drug-likeness (QED) is 0.300. The van der Waals surface area contributed by atoms with Gasteiger partial charge in [0, 0.05) is 17.8 Å². The summed E-state index contributed by atoms with van der Waals surface area (Å²) < 4.78 is 44.1. The molecule has 0 saturated heterocycles. The van der Waals surface area contributed by atoms with Crippen LogP contribution in [0.4, 0.5) is 17.1 Å². The Morgan fingerprint density at radius 1 is 1.00 bits per heavy atom. The monoisotopic (exact) mass is 515 g/mol. The van der Waals surface area contributed by atoms with Crippen LogP contribution in [0, 0.1) is 10.1 Å². The number of sulfonamides is 1. The molecule has 0 radical (unpaired) electrons. The third-order valence-electron chi connectivity index (χ3n) is 5.02. The largest absolute Gasteiger partial charge is 0.497 e. The van der Waals surface area contributed by atoms with E-state index in [2.05, 4.69) is 5.32 Å². The zero-order valence-electron chi connectivity index (χ0n) is 19.8. The maximum absolute atomic E-state index is 13.7. The first-order chi connectivity index (χ1) is 17.2. The Morgan fingerprint density at radius 3 is 2.28 bits per heavy atom. The van der Waals surface area contributed by atoms with Crippen LogP contribution in [0.1, 0.15) is 6.92 Å². The molecule has 0 heterocycles. The Hall–Kier alpha value is -4.32. The molecule has 12 heteroatoms. The normalized spacial score (nSPS) is 10.9. The first kappa shape index (κ1) is 26.3. The average molecular weight is 516 g/mol. The van der Waals surface area contributed by atoms with E-state index in [9.17, 15) is 23.3 Å². The highest BCUT2D eigenvalue weighted by atomic mass is 32.2. The number of nitrogens with one attached hydrogen (secondary N) is 1. The van der Waals surface area contributed by atoms with E-state index in [1.807, 2.05) is 6.92 Å². The third kappa shape index (κ3) is 5.84. The molecule has 0 aliphatic heterocycles. The Labute approximate surface area is 208 Å². The van der Waals surface area contributed by atoms with Crippen LogP contribution in [0.15, 0.2) is 71.6 Å². The number of hydrogen-bond donors (Lipinski definition) is 1. The fourth-order valence-corrected chi connectivity index (χ4v) is 4.96. The number of para-hydroxylation sites is 1. The zero-order valence-corrected chi connectivity index (χ0v) is 20.7. The van der Waals surface area contributed by atoms with Crippen molar-refractivity contribution in [3.8, 4) is 17.2 Å². The number of hydrogen-bond acceptors (Lipinski definition) is 8. The summed E-state index contributed by atoms with van der Waals surface area (Å²) in [6.07, 6.45) is 0. The summed E-state index contributed by atoms with van der Waals surface area (Å²) in [5.41, 5.74) is -0.214. The van der Waals surface area contributed by atoms with Gasteiger partial charge in [0.25, 0.3) is 15.7 Å². The van der Waals surface area contributed by atoms with Gasteiger partial charge in [-0.15, -0.1) is 0 Å². The molecule has 0 spiro atoms. The highest BCUT2D eigenvalue weighted by Crippen LogP contribution is 2.37. The van der Waals surface area contributed by atoms with Crippen LogP contribution < -0.4 is 23.8 Å². The molecule has 3 rings (SSSR count). The second-order valence-electron chi connectivity index (χ2n) is 7.28. The summed E-state index contributed by atoms with van der Waals surface area (Å²) in [4.78, 5) is 23.2. The Balaban J connectivity index is 2.04. The molecule has 190 valence electrons. The van der Waals surface area contributed by atoms with Gasteiger partial charge >= 0.3 is 0 Å². The predicted octanol–water partition coefficient (Wildman–Crippen LogP) is 3.84. The number of carbonyl (C=O) groups excluding carboxylic acids is 1. The van der Waals surface area contributed by atoms with Gasteiger partial charge in [0.1, 0.15) is 23.8 Å². The number of rotatable bonds is 11. The smallest absolute Gasteiger partial charge is 0.289 e. The van der Waals surface area contributed by atoms with Crippen LogP contribution >= 0.6 is 0 Å². The predicted molar refractivity (Wildman–Crippen MR) is 133 cm³/mol. The number of anilines is 2. The van der Waals surface area contributed by atoms with Crippen LogP contribution in [0.2, 0.25) is 0 Å². The fourth-order valence-electron chi connectivity index (χ4n) is 3.37. The SMILES string of the molecule is CCOc1ccc(NC(=O)CN(c2ccc(OC)cc2OC)S(=O)(=O)c2ccccc2[N+](=O)[O-])cc1. The van der Waals surface area contributed by atoms with Crippen molar-refractivity contribution in [1.82, 2.24) is 0 Å². The lowest BCUT2D eigenvalue weighted by Gasteiger charge is -2.25. The molecule has 0 aromatic heterocycles. The number of ether oxygens (including phenoxy) is 3. The van der Waals surface area contributed by atoms with Crippen LogP contribution in [0.5, 0.6) is 17.2 Å². The summed E-state index contributed by atoms with van der Waals surface area (Å²) in [5.74, 6) is 0.404. The fraction of sp³-hybridized carbons (Fsp3) is 0.208. The lowest BCUT2D eigenvalue weighted by atomic mass is 10.2. The highest BCUT2D eigenvalue weighted by Gasteiger charge is 2.34. The Morgan fingerprint density at radius 2 is 1.67 bits per heavy atom. The number of nitrogens with zero attached hydrogens (tertiary/aromatic N) is 2. The van der Waals surface area contributed by atoms with Gasteiger partial charge in [0.2, 0.25) is 5.91 Å². The Kier molecular flexibility index (Phi) is 8.33. The molecule has 0 atom stereocenters. The van der Waals surface area contributed by atoms with Crippen molar-refractivity contribution >= 4 is 33.0 Å². The second kappa shape index (κ2) is 11.4. The number of benzene rings is 3. The van der Waals surface area contributed by atoms with Crippen molar-refractivity contribution in [2.24, 2.45) is 0 Å². The minimum atomic E-state index is -4.59. The number of amides is 1. The molecule has 0 aliphatic rings. The summed E-state index contributed by atoms with van der Waals surface area (Å²) in [5, 5.41) is 14.2. The van der Waals surface area contributed by atoms with Gasteiger partial charge in [0.05, 0.1) is 31.4 Å². The zero-order chi connectivity index (χ0) is 26.3. The van der Waals surface area contributed by atoms with Gasteiger partial charge in [0.15, 0.2) is 4.90 Å². The molecular formula is C24H25N3O8S. The van der Waals surface area contributed by atoms with Crippen molar-refractivity contribution in [3.63, 3.8) is 0 Å². The second-order valence-corrected chi connectivity index (χ2v) is 9.11. The molecule has 3 aromatic carbocycles. The van der Waals surface area contributed by atoms with Gasteiger partial charge in [-0.3, -0.25) is 19.2 Å². The first-order valence-electron chi connectivity index (χ1n) is 10.7. The van der Waals surface area contributed by atoms with E-state index >= 15 is 0 Å². The summed E-state index contributed by atoms with van der Waals surface area (Å²) in [7, 11) is -1.83. The minimum Gasteiger partial charge on any atom is -0.497 e. The van der Waals surface area contributed by atoms with Crippen molar-refractivity contribution < 1.29 is 32.3 Å². The van der Waals surface area contributed by atoms with Crippen LogP contribution in [0.3, 0.4) is 0 Å².